The predicted molar refractivity (Wildman–Crippen MR) is 68.0 cm³/mol. The zero-order valence-electron chi connectivity index (χ0n) is 9.62. The van der Waals surface area contributed by atoms with Crippen LogP contribution in [0.15, 0.2) is 30.5 Å². The van der Waals surface area contributed by atoms with E-state index in [1.54, 1.807) is 29.0 Å². The Bertz CT molecular complexity index is 612. The van der Waals surface area contributed by atoms with Crippen molar-refractivity contribution in [1.82, 2.24) is 4.57 Å². The van der Waals surface area contributed by atoms with Crippen LogP contribution in [0.3, 0.4) is 0 Å². The topological polar surface area (TPSA) is 22.0 Å². The molecule has 0 atom stereocenters. The summed E-state index contributed by atoms with van der Waals surface area (Å²) >= 11 is 6.05. The number of para-hydroxylation sites is 1. The molecular formula is C14H11ClFNO. The summed E-state index contributed by atoms with van der Waals surface area (Å²) in [7, 11) is 0. The van der Waals surface area contributed by atoms with Crippen LogP contribution in [0.5, 0.6) is 0 Å². The van der Waals surface area contributed by atoms with Crippen LogP contribution in [0.4, 0.5) is 4.39 Å². The number of fused-ring (bicyclic) bond motifs is 1. The fraction of sp³-hybridized carbons (Fsp3) is 0.214. The van der Waals surface area contributed by atoms with Gasteiger partial charge in [0.1, 0.15) is 11.5 Å². The molecule has 92 valence electrons. The lowest BCUT2D eigenvalue weighted by atomic mass is 9.97. The average molecular weight is 264 g/mol. The average Bonchev–Trinajstić information content (AvgIpc) is 2.75. The number of benzene rings is 1. The summed E-state index contributed by atoms with van der Waals surface area (Å²) in [5.41, 5.74) is 1.88. The summed E-state index contributed by atoms with van der Waals surface area (Å²) in [5.74, 6) is -0.249. The van der Waals surface area contributed by atoms with Crippen molar-refractivity contribution in [3.8, 4) is 5.69 Å². The third-order valence-corrected chi connectivity index (χ3v) is 3.59. The second kappa shape index (κ2) is 4.25. The highest BCUT2D eigenvalue weighted by molar-refractivity contribution is 6.32. The molecule has 0 bridgehead atoms. The molecule has 0 saturated carbocycles. The van der Waals surface area contributed by atoms with Gasteiger partial charge in [-0.2, -0.15) is 0 Å². The molecule has 0 spiro atoms. The number of carbonyl (C=O) groups excluding carboxylic acids is 1. The molecule has 4 heteroatoms. The van der Waals surface area contributed by atoms with Gasteiger partial charge in [0.2, 0.25) is 0 Å². The number of ketones is 1. The van der Waals surface area contributed by atoms with Crippen molar-refractivity contribution in [3.63, 3.8) is 0 Å². The van der Waals surface area contributed by atoms with Gasteiger partial charge in [0, 0.05) is 23.9 Å². The van der Waals surface area contributed by atoms with Crippen LogP contribution < -0.4 is 0 Å². The Morgan fingerprint density at radius 3 is 2.83 bits per heavy atom. The van der Waals surface area contributed by atoms with E-state index in [0.717, 1.165) is 18.5 Å². The number of halogens is 2. The van der Waals surface area contributed by atoms with E-state index >= 15 is 0 Å². The Morgan fingerprint density at radius 2 is 2.06 bits per heavy atom. The van der Waals surface area contributed by atoms with Crippen LogP contribution >= 0.6 is 11.6 Å². The van der Waals surface area contributed by atoms with E-state index in [1.807, 2.05) is 0 Å². The highest BCUT2D eigenvalue weighted by atomic mass is 35.5. The maximum Gasteiger partial charge on any atom is 0.164 e. The minimum absolute atomic E-state index is 0.127. The number of nitrogens with zero attached hydrogens (tertiary/aromatic N) is 1. The Kier molecular flexibility index (Phi) is 2.71. The summed E-state index contributed by atoms with van der Waals surface area (Å²) in [6.07, 6.45) is 3.88. The molecule has 1 aromatic carbocycles. The Labute approximate surface area is 109 Å². The molecule has 0 aliphatic heterocycles. The first-order chi connectivity index (χ1) is 8.68. The van der Waals surface area contributed by atoms with Gasteiger partial charge in [0.25, 0.3) is 0 Å². The highest BCUT2D eigenvalue weighted by Gasteiger charge is 2.22. The van der Waals surface area contributed by atoms with E-state index in [9.17, 15) is 9.18 Å². The van der Waals surface area contributed by atoms with Crippen molar-refractivity contribution in [2.75, 3.05) is 0 Å². The summed E-state index contributed by atoms with van der Waals surface area (Å²) in [6.45, 7) is 0. The second-order valence-electron chi connectivity index (χ2n) is 4.39. The van der Waals surface area contributed by atoms with Crippen LogP contribution in [-0.2, 0) is 6.42 Å². The molecule has 2 aromatic rings. The van der Waals surface area contributed by atoms with E-state index in [1.165, 1.54) is 6.07 Å². The van der Waals surface area contributed by atoms with Gasteiger partial charge in [-0.3, -0.25) is 4.79 Å². The number of carbonyl (C=O) groups is 1. The quantitative estimate of drug-likeness (QED) is 0.767. The number of hydrogen-bond acceptors (Lipinski definition) is 1. The molecule has 0 radical (unpaired) electrons. The first-order valence-corrected chi connectivity index (χ1v) is 6.24. The molecule has 0 amide bonds. The fourth-order valence-corrected chi connectivity index (χ4v) is 2.71. The molecule has 0 fully saturated rings. The van der Waals surface area contributed by atoms with Crippen LogP contribution in [0, 0.1) is 5.82 Å². The second-order valence-corrected chi connectivity index (χ2v) is 4.80. The lowest BCUT2D eigenvalue weighted by molar-refractivity contribution is 0.0972. The van der Waals surface area contributed by atoms with Crippen molar-refractivity contribution in [2.45, 2.75) is 19.3 Å². The number of aromatic nitrogens is 1. The minimum atomic E-state index is -0.376. The van der Waals surface area contributed by atoms with Crippen LogP contribution in [0.2, 0.25) is 5.02 Å². The van der Waals surface area contributed by atoms with E-state index in [4.69, 9.17) is 11.6 Å². The molecule has 0 saturated heterocycles. The number of rotatable bonds is 1. The van der Waals surface area contributed by atoms with Gasteiger partial charge < -0.3 is 4.57 Å². The van der Waals surface area contributed by atoms with Gasteiger partial charge in [0.15, 0.2) is 5.78 Å². The first kappa shape index (κ1) is 11.5. The van der Waals surface area contributed by atoms with E-state index < -0.39 is 0 Å². The largest absolute Gasteiger partial charge is 0.316 e. The minimum Gasteiger partial charge on any atom is -0.316 e. The normalized spacial score (nSPS) is 14.7. The maximum atomic E-state index is 13.9. The van der Waals surface area contributed by atoms with Gasteiger partial charge in [-0.05, 0) is 31.0 Å². The van der Waals surface area contributed by atoms with Gasteiger partial charge in [-0.1, -0.05) is 17.7 Å². The van der Waals surface area contributed by atoms with E-state index in [2.05, 4.69) is 0 Å². The van der Waals surface area contributed by atoms with E-state index in [0.29, 0.717) is 22.7 Å². The highest BCUT2D eigenvalue weighted by Crippen LogP contribution is 2.30. The lowest BCUT2D eigenvalue weighted by Gasteiger charge is -2.16. The third kappa shape index (κ3) is 1.66. The SMILES string of the molecule is O=C1CCCc2c1ccn2-c1c(F)cccc1Cl. The summed E-state index contributed by atoms with van der Waals surface area (Å²) < 4.78 is 15.6. The Hall–Kier alpha value is -1.61. The third-order valence-electron chi connectivity index (χ3n) is 3.29. The van der Waals surface area contributed by atoms with Crippen molar-refractivity contribution >= 4 is 17.4 Å². The smallest absolute Gasteiger partial charge is 0.164 e. The monoisotopic (exact) mass is 263 g/mol. The molecule has 1 aliphatic rings. The molecule has 0 N–H and O–H groups in total. The van der Waals surface area contributed by atoms with Gasteiger partial charge in [-0.25, -0.2) is 4.39 Å². The molecule has 1 aromatic heterocycles. The van der Waals surface area contributed by atoms with Crippen molar-refractivity contribution in [3.05, 3.63) is 52.6 Å². The van der Waals surface area contributed by atoms with Crippen molar-refractivity contribution in [2.24, 2.45) is 0 Å². The predicted octanol–water partition coefficient (Wildman–Crippen LogP) is 3.79. The van der Waals surface area contributed by atoms with Gasteiger partial charge in [0.05, 0.1) is 5.02 Å². The first-order valence-electron chi connectivity index (χ1n) is 5.86. The molecule has 1 aliphatic carbocycles. The molecule has 1 heterocycles. The molecular weight excluding hydrogens is 253 g/mol. The van der Waals surface area contributed by atoms with Gasteiger partial charge in [-0.15, -0.1) is 0 Å². The lowest BCUT2D eigenvalue weighted by Crippen LogP contribution is -2.13. The molecule has 3 rings (SSSR count). The molecule has 18 heavy (non-hydrogen) atoms. The zero-order valence-corrected chi connectivity index (χ0v) is 10.4. The zero-order chi connectivity index (χ0) is 12.7. The summed E-state index contributed by atoms with van der Waals surface area (Å²) in [6, 6.07) is 6.34. The van der Waals surface area contributed by atoms with E-state index in [-0.39, 0.29) is 11.6 Å². The molecule has 2 nitrogen and oxygen atoms in total. The fourth-order valence-electron chi connectivity index (χ4n) is 2.45. The number of Topliss-reactive ketones (excluding diaryl/α,β-unsaturated/α-hetero) is 1. The van der Waals surface area contributed by atoms with Crippen molar-refractivity contribution < 1.29 is 9.18 Å². The number of hydrogen-bond donors (Lipinski definition) is 0. The van der Waals surface area contributed by atoms with Crippen LogP contribution in [-0.4, -0.2) is 10.4 Å². The Balaban J connectivity index is 2.22. The molecule has 0 unspecified atom stereocenters. The van der Waals surface area contributed by atoms with Crippen LogP contribution in [0.1, 0.15) is 28.9 Å². The summed E-state index contributed by atoms with van der Waals surface area (Å²) in [5, 5.41) is 0.353. The van der Waals surface area contributed by atoms with Crippen LogP contribution in [0.25, 0.3) is 5.69 Å². The summed E-state index contributed by atoms with van der Waals surface area (Å²) in [4.78, 5) is 11.8. The van der Waals surface area contributed by atoms with Crippen molar-refractivity contribution in [1.29, 1.82) is 0 Å². The van der Waals surface area contributed by atoms with Gasteiger partial charge >= 0.3 is 0 Å². The maximum absolute atomic E-state index is 13.9. The Morgan fingerprint density at radius 1 is 1.22 bits per heavy atom. The standard InChI is InChI=1S/C14H11ClFNO/c15-10-3-1-4-11(16)14(10)17-8-7-9-12(17)5-2-6-13(9)18/h1,3-4,7-8H,2,5-6H2.